The maximum Gasteiger partial charge on any atom is 0.135 e. The van der Waals surface area contributed by atoms with Crippen LogP contribution in [0.15, 0.2) is 192 Å². The van der Waals surface area contributed by atoms with E-state index in [-0.39, 0.29) is 0 Å². The van der Waals surface area contributed by atoms with Gasteiger partial charge in [-0.3, -0.25) is 0 Å². The summed E-state index contributed by atoms with van der Waals surface area (Å²) in [5, 5.41) is 4.86. The Morgan fingerprint density at radius 1 is 0.392 bits per heavy atom. The maximum absolute atomic E-state index is 6.12. The van der Waals surface area contributed by atoms with Gasteiger partial charge in [0.25, 0.3) is 0 Å². The predicted octanol–water partition coefficient (Wildman–Crippen LogP) is 14.4. The molecule has 10 rings (SSSR count). The Morgan fingerprint density at radius 2 is 1.02 bits per heavy atom. The van der Waals surface area contributed by atoms with Gasteiger partial charge in [-0.25, -0.2) is 0 Å². The average Bonchev–Trinajstić information content (AvgIpc) is 3.78. The number of nitrogens with zero attached hydrogens (tertiary/aromatic N) is 1. The number of furan rings is 1. The summed E-state index contributed by atoms with van der Waals surface area (Å²) in [6.07, 6.45) is 0. The fraction of sp³-hybridized carbons (Fsp3) is 0. The van der Waals surface area contributed by atoms with E-state index in [0.29, 0.717) is 0 Å². The molecule has 0 saturated heterocycles. The van der Waals surface area contributed by atoms with Crippen molar-refractivity contribution in [1.29, 1.82) is 0 Å². The molecule has 2 aromatic heterocycles. The van der Waals surface area contributed by atoms with Crippen LogP contribution < -0.4 is 4.90 Å². The van der Waals surface area contributed by atoms with Gasteiger partial charge in [-0.15, -0.1) is 11.3 Å². The molecule has 8 aromatic carbocycles. The van der Waals surface area contributed by atoms with Crippen LogP contribution in [0.1, 0.15) is 0 Å². The van der Waals surface area contributed by atoms with Crippen LogP contribution in [-0.2, 0) is 0 Å². The minimum absolute atomic E-state index is 0.910. The molecule has 0 N–H and O–H groups in total. The first-order chi connectivity index (χ1) is 25.3. The first kappa shape index (κ1) is 29.5. The predicted molar refractivity (Wildman–Crippen MR) is 218 cm³/mol. The molecule has 2 nitrogen and oxygen atoms in total. The van der Waals surface area contributed by atoms with Crippen LogP contribution in [0.3, 0.4) is 0 Å². The summed E-state index contributed by atoms with van der Waals surface area (Å²) in [5.41, 5.74) is 12.4. The lowest BCUT2D eigenvalue weighted by atomic mass is 9.98. The van der Waals surface area contributed by atoms with E-state index in [0.717, 1.165) is 50.1 Å². The highest BCUT2D eigenvalue weighted by molar-refractivity contribution is 7.26. The maximum atomic E-state index is 6.12. The van der Waals surface area contributed by atoms with E-state index < -0.39 is 0 Å². The third kappa shape index (κ3) is 5.10. The van der Waals surface area contributed by atoms with Crippen LogP contribution in [0.4, 0.5) is 17.1 Å². The summed E-state index contributed by atoms with van der Waals surface area (Å²) in [7, 11) is 0. The Balaban J connectivity index is 1.16. The van der Waals surface area contributed by atoms with Crippen LogP contribution in [-0.4, -0.2) is 0 Å². The Hall–Kier alpha value is -6.42. The van der Waals surface area contributed by atoms with Crippen molar-refractivity contribution in [3.05, 3.63) is 188 Å². The van der Waals surface area contributed by atoms with Gasteiger partial charge in [0.2, 0.25) is 0 Å². The number of para-hydroxylation sites is 1. The van der Waals surface area contributed by atoms with Gasteiger partial charge in [-0.05, 0) is 88.0 Å². The number of thiophene rings is 1. The quantitative estimate of drug-likeness (QED) is 0.175. The summed E-state index contributed by atoms with van der Waals surface area (Å²) in [6.45, 7) is 0. The Bertz CT molecular complexity index is 2850. The lowest BCUT2D eigenvalue weighted by Gasteiger charge is -2.27. The number of rotatable bonds is 6. The van der Waals surface area contributed by atoms with E-state index in [9.17, 15) is 0 Å². The Labute approximate surface area is 300 Å². The van der Waals surface area contributed by atoms with Gasteiger partial charge >= 0.3 is 0 Å². The number of hydrogen-bond donors (Lipinski definition) is 0. The molecule has 2 heterocycles. The fourth-order valence-electron chi connectivity index (χ4n) is 7.44. The normalized spacial score (nSPS) is 11.5. The van der Waals surface area contributed by atoms with Gasteiger partial charge < -0.3 is 9.32 Å². The third-order valence-electron chi connectivity index (χ3n) is 9.88. The van der Waals surface area contributed by atoms with E-state index >= 15 is 0 Å². The molecule has 0 amide bonds. The van der Waals surface area contributed by atoms with Gasteiger partial charge in [0.15, 0.2) is 0 Å². The molecule has 0 spiro atoms. The second kappa shape index (κ2) is 12.2. The fourth-order valence-corrected chi connectivity index (χ4v) is 8.67. The molecule has 0 fully saturated rings. The van der Waals surface area contributed by atoms with Crippen molar-refractivity contribution in [2.24, 2.45) is 0 Å². The summed E-state index contributed by atoms with van der Waals surface area (Å²) in [6, 6.07) is 67.5. The van der Waals surface area contributed by atoms with Crippen molar-refractivity contribution in [2.45, 2.75) is 0 Å². The second-order valence-electron chi connectivity index (χ2n) is 12.9. The molecule has 0 aliphatic heterocycles. The molecule has 51 heavy (non-hydrogen) atoms. The largest absolute Gasteiger partial charge is 0.456 e. The lowest BCUT2D eigenvalue weighted by Crippen LogP contribution is -2.10. The van der Waals surface area contributed by atoms with E-state index in [1.54, 1.807) is 0 Å². The number of fused-ring (bicyclic) bond motifs is 6. The number of hydrogen-bond acceptors (Lipinski definition) is 3. The molecule has 0 saturated carbocycles. The van der Waals surface area contributed by atoms with Crippen LogP contribution >= 0.6 is 11.3 Å². The summed E-state index contributed by atoms with van der Waals surface area (Å²) >= 11 is 1.87. The van der Waals surface area contributed by atoms with E-state index in [1.165, 1.54) is 42.4 Å². The lowest BCUT2D eigenvalue weighted by molar-refractivity contribution is 0.669. The molecule has 0 aliphatic carbocycles. The molecule has 0 radical (unpaired) electrons. The zero-order valence-electron chi connectivity index (χ0n) is 27.7. The summed E-state index contributed by atoms with van der Waals surface area (Å²) in [4.78, 5) is 2.43. The van der Waals surface area contributed by atoms with E-state index in [4.69, 9.17) is 4.42 Å². The highest BCUT2D eigenvalue weighted by Gasteiger charge is 2.21. The van der Waals surface area contributed by atoms with Gasteiger partial charge in [-0.2, -0.15) is 0 Å². The minimum atomic E-state index is 0.910. The monoisotopic (exact) mass is 669 g/mol. The Morgan fingerprint density at radius 3 is 1.84 bits per heavy atom. The molecular weight excluding hydrogens is 639 g/mol. The van der Waals surface area contributed by atoms with Crippen LogP contribution in [0.2, 0.25) is 0 Å². The average molecular weight is 670 g/mol. The van der Waals surface area contributed by atoms with Crippen LogP contribution in [0.5, 0.6) is 0 Å². The zero-order valence-corrected chi connectivity index (χ0v) is 28.5. The third-order valence-corrected chi connectivity index (χ3v) is 11.1. The van der Waals surface area contributed by atoms with Crippen molar-refractivity contribution in [3.63, 3.8) is 0 Å². The van der Waals surface area contributed by atoms with Gasteiger partial charge in [0.05, 0.1) is 10.4 Å². The van der Waals surface area contributed by atoms with Crippen molar-refractivity contribution >= 4 is 70.5 Å². The number of benzene rings is 8. The molecule has 0 aliphatic rings. The molecule has 0 atom stereocenters. The van der Waals surface area contributed by atoms with E-state index in [1.807, 2.05) is 23.5 Å². The highest BCUT2D eigenvalue weighted by Crippen LogP contribution is 2.48. The van der Waals surface area contributed by atoms with Crippen molar-refractivity contribution < 1.29 is 4.42 Å². The topological polar surface area (TPSA) is 16.4 Å². The standard InChI is InChI=1S/C48H31NOS/c1-3-12-32(13-4-1)35-16-11-17-38(30-35)49(37-25-22-33(23-26-37)36-24-29-45-42(31-36)40-18-7-9-20-44(40)50-45)43-28-27-39(34-14-5-2-6-15-34)47-41-19-8-10-21-46(41)51-48(43)47/h1-31H. The van der Waals surface area contributed by atoms with Gasteiger partial charge in [0.1, 0.15) is 11.2 Å². The van der Waals surface area contributed by atoms with Crippen LogP contribution in [0, 0.1) is 0 Å². The zero-order chi connectivity index (χ0) is 33.7. The second-order valence-corrected chi connectivity index (χ2v) is 14.0. The SMILES string of the molecule is c1ccc(-c2cccc(N(c3ccc(-c4ccc5oc6ccccc6c5c4)cc3)c3ccc(-c4ccccc4)c4c3sc3ccccc34)c2)cc1. The van der Waals surface area contributed by atoms with E-state index in [2.05, 4.69) is 181 Å². The van der Waals surface area contributed by atoms with Crippen molar-refractivity contribution in [3.8, 4) is 33.4 Å². The number of anilines is 3. The molecule has 0 bridgehead atoms. The van der Waals surface area contributed by atoms with Crippen molar-refractivity contribution in [1.82, 2.24) is 0 Å². The molecule has 10 aromatic rings. The molecule has 240 valence electrons. The van der Waals surface area contributed by atoms with Crippen molar-refractivity contribution in [2.75, 3.05) is 4.90 Å². The van der Waals surface area contributed by atoms with Gasteiger partial charge in [0, 0.05) is 37.6 Å². The first-order valence-electron chi connectivity index (χ1n) is 17.3. The summed E-state index contributed by atoms with van der Waals surface area (Å²) < 4.78 is 8.67. The molecule has 0 unspecified atom stereocenters. The minimum Gasteiger partial charge on any atom is -0.456 e. The highest BCUT2D eigenvalue weighted by atomic mass is 32.1. The first-order valence-corrected chi connectivity index (χ1v) is 18.1. The summed E-state index contributed by atoms with van der Waals surface area (Å²) in [5.74, 6) is 0. The Kier molecular flexibility index (Phi) is 7.04. The van der Waals surface area contributed by atoms with Gasteiger partial charge in [-0.1, -0.05) is 133 Å². The van der Waals surface area contributed by atoms with Crippen LogP contribution in [0.25, 0.3) is 75.5 Å². The molecule has 3 heteroatoms. The molecular formula is C48H31NOS. The smallest absolute Gasteiger partial charge is 0.135 e.